The second-order valence-electron chi connectivity index (χ2n) is 6.14. The molecule has 1 fully saturated rings. The van der Waals surface area contributed by atoms with E-state index in [1.807, 2.05) is 41.4 Å². The molecule has 1 aromatic heterocycles. The number of piperazine rings is 1. The normalized spacial score (nSPS) is 14.8. The lowest BCUT2D eigenvalue weighted by Crippen LogP contribution is -2.48. The molecule has 5 heteroatoms. The van der Waals surface area contributed by atoms with E-state index in [1.165, 1.54) is 0 Å². The van der Waals surface area contributed by atoms with Crippen molar-refractivity contribution in [2.75, 3.05) is 31.1 Å². The van der Waals surface area contributed by atoms with Crippen LogP contribution in [0.25, 0.3) is 10.9 Å². The maximum Gasteiger partial charge on any atom is 0.253 e. The van der Waals surface area contributed by atoms with E-state index in [9.17, 15) is 4.79 Å². The van der Waals surface area contributed by atoms with Crippen LogP contribution in [0.5, 0.6) is 0 Å². The van der Waals surface area contributed by atoms with Gasteiger partial charge in [0.1, 0.15) is 0 Å². The number of hydrogen-bond acceptors (Lipinski definition) is 3. The van der Waals surface area contributed by atoms with Crippen molar-refractivity contribution in [3.63, 3.8) is 0 Å². The Kier molecular flexibility index (Phi) is 4.40. The number of pyridine rings is 1. The Morgan fingerprint density at radius 3 is 2.40 bits per heavy atom. The van der Waals surface area contributed by atoms with E-state index in [1.54, 1.807) is 0 Å². The van der Waals surface area contributed by atoms with Crippen LogP contribution in [0.1, 0.15) is 10.4 Å². The summed E-state index contributed by atoms with van der Waals surface area (Å²) in [4.78, 5) is 21.4. The number of anilines is 1. The topological polar surface area (TPSA) is 36.4 Å². The number of para-hydroxylation sites is 1. The van der Waals surface area contributed by atoms with Gasteiger partial charge in [-0.2, -0.15) is 0 Å². The van der Waals surface area contributed by atoms with Crippen molar-refractivity contribution in [2.24, 2.45) is 0 Å². The molecule has 0 atom stereocenters. The maximum absolute atomic E-state index is 12.6. The lowest BCUT2D eigenvalue weighted by atomic mass is 10.1. The first-order chi connectivity index (χ1) is 12.2. The molecule has 1 aliphatic rings. The Labute approximate surface area is 155 Å². The molecule has 0 aliphatic carbocycles. The fourth-order valence-corrected chi connectivity index (χ4v) is 3.53. The van der Waals surface area contributed by atoms with Gasteiger partial charge in [0.25, 0.3) is 5.91 Å². The van der Waals surface area contributed by atoms with Gasteiger partial charge in [-0.25, -0.2) is 0 Å². The molecule has 0 spiro atoms. The summed E-state index contributed by atoms with van der Waals surface area (Å²) in [7, 11) is 0. The summed E-state index contributed by atoms with van der Waals surface area (Å²) in [5, 5.41) is 1.15. The lowest BCUT2D eigenvalue weighted by Gasteiger charge is -2.36. The molecule has 3 aromatic rings. The van der Waals surface area contributed by atoms with Gasteiger partial charge in [-0.1, -0.05) is 34.1 Å². The molecule has 0 N–H and O–H groups in total. The van der Waals surface area contributed by atoms with Crippen LogP contribution in [0.15, 0.2) is 65.3 Å². The fourth-order valence-electron chi connectivity index (χ4n) is 3.27. The quantitative estimate of drug-likeness (QED) is 0.658. The van der Waals surface area contributed by atoms with Gasteiger partial charge in [0.2, 0.25) is 0 Å². The predicted octanol–water partition coefficient (Wildman–Crippen LogP) is 3.96. The van der Waals surface area contributed by atoms with Gasteiger partial charge >= 0.3 is 0 Å². The van der Waals surface area contributed by atoms with E-state index in [2.05, 4.69) is 50.1 Å². The molecule has 2 aromatic carbocycles. The Morgan fingerprint density at radius 1 is 0.920 bits per heavy atom. The summed E-state index contributed by atoms with van der Waals surface area (Å²) < 4.78 is 0.984. The third-order valence-corrected chi connectivity index (χ3v) is 5.14. The Balaban J connectivity index is 1.49. The number of benzene rings is 2. The van der Waals surface area contributed by atoms with E-state index in [0.29, 0.717) is 0 Å². The monoisotopic (exact) mass is 395 g/mol. The zero-order valence-electron chi connectivity index (χ0n) is 13.7. The minimum atomic E-state index is 0.100. The summed E-state index contributed by atoms with van der Waals surface area (Å²) in [6.45, 7) is 3.08. The summed E-state index contributed by atoms with van der Waals surface area (Å²) in [5.74, 6) is 0.100. The van der Waals surface area contributed by atoms with Crippen LogP contribution in [0.4, 0.5) is 5.69 Å². The average molecular weight is 396 g/mol. The van der Waals surface area contributed by atoms with Gasteiger partial charge in [0.05, 0.1) is 11.2 Å². The van der Waals surface area contributed by atoms with Gasteiger partial charge in [-0.3, -0.25) is 9.78 Å². The van der Waals surface area contributed by atoms with E-state index in [0.717, 1.165) is 52.8 Å². The van der Waals surface area contributed by atoms with Crippen molar-refractivity contribution in [3.05, 3.63) is 70.8 Å². The molecule has 0 unspecified atom stereocenters. The van der Waals surface area contributed by atoms with Crippen LogP contribution >= 0.6 is 15.9 Å². The largest absolute Gasteiger partial charge is 0.366 e. The minimum Gasteiger partial charge on any atom is -0.366 e. The molecule has 0 saturated carbocycles. The van der Waals surface area contributed by atoms with Crippen LogP contribution in [-0.2, 0) is 0 Å². The van der Waals surface area contributed by atoms with E-state index >= 15 is 0 Å². The molecule has 1 saturated heterocycles. The van der Waals surface area contributed by atoms with Crippen LogP contribution in [-0.4, -0.2) is 42.0 Å². The number of amides is 1. The number of fused-ring (bicyclic) bond motifs is 1. The smallest absolute Gasteiger partial charge is 0.253 e. The van der Waals surface area contributed by atoms with Crippen LogP contribution in [0.2, 0.25) is 0 Å². The summed E-state index contributed by atoms with van der Waals surface area (Å²) >= 11 is 3.41. The Hall–Kier alpha value is -2.40. The molecular formula is C20H18BrN3O. The van der Waals surface area contributed by atoms with Crippen molar-refractivity contribution in [1.29, 1.82) is 0 Å². The zero-order valence-corrected chi connectivity index (χ0v) is 15.3. The van der Waals surface area contributed by atoms with Gasteiger partial charge < -0.3 is 9.80 Å². The number of carbonyl (C=O) groups is 1. The highest BCUT2D eigenvalue weighted by atomic mass is 79.9. The molecule has 2 heterocycles. The van der Waals surface area contributed by atoms with Crippen molar-refractivity contribution >= 4 is 38.4 Å². The molecular weight excluding hydrogens is 378 g/mol. The van der Waals surface area contributed by atoms with Gasteiger partial charge in [-0.15, -0.1) is 0 Å². The molecule has 0 bridgehead atoms. The third-order valence-electron chi connectivity index (χ3n) is 4.61. The Bertz CT molecular complexity index is 897. The van der Waals surface area contributed by atoms with E-state index in [4.69, 9.17) is 0 Å². The van der Waals surface area contributed by atoms with Gasteiger partial charge in [0.15, 0.2) is 0 Å². The van der Waals surface area contributed by atoms with Gasteiger partial charge in [0, 0.05) is 47.8 Å². The first-order valence-corrected chi connectivity index (χ1v) is 9.15. The van der Waals surface area contributed by atoms with Crippen molar-refractivity contribution in [2.45, 2.75) is 0 Å². The summed E-state index contributed by atoms with van der Waals surface area (Å²) in [5.41, 5.74) is 2.91. The van der Waals surface area contributed by atoms with E-state index in [-0.39, 0.29) is 5.91 Å². The number of nitrogens with zero attached hydrogens (tertiary/aromatic N) is 3. The number of hydrogen-bond donors (Lipinski definition) is 0. The summed E-state index contributed by atoms with van der Waals surface area (Å²) in [6.07, 6.45) is 1.83. The number of carbonyl (C=O) groups excluding carboxylic acids is 1. The fraction of sp³-hybridized carbons (Fsp3) is 0.200. The molecule has 4 rings (SSSR count). The number of aromatic nitrogens is 1. The average Bonchev–Trinajstić information content (AvgIpc) is 2.68. The standard InChI is InChI=1S/C20H18BrN3O/c21-17-8-6-16(7-9-17)20(25)24-13-11-23(12-14-24)18-5-1-3-15-4-2-10-22-19(15)18/h1-10H,11-14H2. The highest BCUT2D eigenvalue weighted by molar-refractivity contribution is 9.10. The number of rotatable bonds is 2. The van der Waals surface area contributed by atoms with Crippen molar-refractivity contribution < 1.29 is 4.79 Å². The summed E-state index contributed by atoms with van der Waals surface area (Å²) in [6, 6.07) is 17.9. The number of halogens is 1. The molecule has 1 amide bonds. The van der Waals surface area contributed by atoms with Gasteiger partial charge in [-0.05, 0) is 36.4 Å². The SMILES string of the molecule is O=C(c1ccc(Br)cc1)N1CCN(c2cccc3cccnc23)CC1. The van der Waals surface area contributed by atoms with Crippen LogP contribution in [0.3, 0.4) is 0 Å². The maximum atomic E-state index is 12.6. The molecule has 25 heavy (non-hydrogen) atoms. The molecule has 1 aliphatic heterocycles. The van der Waals surface area contributed by atoms with Crippen LogP contribution in [0, 0.1) is 0 Å². The van der Waals surface area contributed by atoms with E-state index < -0.39 is 0 Å². The highest BCUT2D eigenvalue weighted by Gasteiger charge is 2.23. The minimum absolute atomic E-state index is 0.100. The highest BCUT2D eigenvalue weighted by Crippen LogP contribution is 2.26. The Morgan fingerprint density at radius 2 is 1.64 bits per heavy atom. The molecule has 126 valence electrons. The van der Waals surface area contributed by atoms with Crippen molar-refractivity contribution in [3.8, 4) is 0 Å². The lowest BCUT2D eigenvalue weighted by molar-refractivity contribution is 0.0747. The first kappa shape index (κ1) is 16.1. The second-order valence-corrected chi connectivity index (χ2v) is 7.05. The second kappa shape index (κ2) is 6.84. The molecule has 0 radical (unpaired) electrons. The van der Waals surface area contributed by atoms with Crippen molar-refractivity contribution in [1.82, 2.24) is 9.88 Å². The van der Waals surface area contributed by atoms with Crippen LogP contribution < -0.4 is 4.90 Å². The third kappa shape index (κ3) is 3.24. The molecule has 4 nitrogen and oxygen atoms in total. The zero-order chi connectivity index (χ0) is 17.2. The first-order valence-electron chi connectivity index (χ1n) is 8.36. The predicted molar refractivity (Wildman–Crippen MR) is 104 cm³/mol.